The van der Waals surface area contributed by atoms with Crippen LogP contribution in [0.2, 0.25) is 0 Å². The fourth-order valence-electron chi connectivity index (χ4n) is 2.65. The van der Waals surface area contributed by atoms with Gasteiger partial charge in [-0.05, 0) is 18.6 Å². The van der Waals surface area contributed by atoms with Gasteiger partial charge in [0.1, 0.15) is 24.5 Å². The van der Waals surface area contributed by atoms with Gasteiger partial charge in [-0.2, -0.15) is 5.10 Å². The van der Waals surface area contributed by atoms with Crippen LogP contribution < -0.4 is 15.4 Å². The Bertz CT molecular complexity index is 754. The molecule has 2 heterocycles. The number of aliphatic imine (C=N–C) groups is 1. The summed E-state index contributed by atoms with van der Waals surface area (Å²) in [6.07, 6.45) is 3.39. The number of guanidine groups is 1. The molecule has 1 aliphatic rings. The topological polar surface area (TPSA) is 76.4 Å². The zero-order valence-corrected chi connectivity index (χ0v) is 16.6. The Morgan fingerprint density at radius 1 is 1.38 bits per heavy atom. The molecule has 1 aromatic heterocycles. The zero-order valence-electron chi connectivity index (χ0n) is 14.3. The molecule has 10 heteroatoms. The van der Waals surface area contributed by atoms with E-state index in [4.69, 9.17) is 4.74 Å². The molecule has 0 spiro atoms. The number of ether oxygens (including phenoxy) is 1. The minimum Gasteiger partial charge on any atom is -0.492 e. The molecule has 0 amide bonds. The van der Waals surface area contributed by atoms with Gasteiger partial charge in [0.25, 0.3) is 0 Å². The van der Waals surface area contributed by atoms with E-state index in [1.165, 1.54) is 6.07 Å². The third kappa shape index (κ3) is 5.26. The lowest BCUT2D eigenvalue weighted by molar-refractivity contribution is 0.317. The first-order valence-electron chi connectivity index (χ1n) is 8.07. The molecule has 0 fully saturated rings. The van der Waals surface area contributed by atoms with Gasteiger partial charge in [0.05, 0.1) is 13.1 Å². The van der Waals surface area contributed by atoms with Gasteiger partial charge < -0.3 is 15.4 Å². The van der Waals surface area contributed by atoms with Crippen molar-refractivity contribution in [3.05, 3.63) is 42.0 Å². The Morgan fingerprint density at radius 2 is 2.23 bits per heavy atom. The maximum Gasteiger partial charge on any atom is 0.191 e. The Labute approximate surface area is 167 Å². The van der Waals surface area contributed by atoms with E-state index >= 15 is 0 Å². The van der Waals surface area contributed by atoms with Crippen LogP contribution in [-0.2, 0) is 13.0 Å². The van der Waals surface area contributed by atoms with Crippen molar-refractivity contribution in [3.8, 4) is 5.75 Å². The van der Waals surface area contributed by atoms with Crippen molar-refractivity contribution in [2.75, 3.05) is 20.2 Å². The first kappa shape index (κ1) is 20.3. The van der Waals surface area contributed by atoms with E-state index in [1.807, 2.05) is 4.68 Å². The molecular weight excluding hydrogens is 457 g/mol. The number of fused-ring (bicyclic) bond motifs is 1. The summed E-state index contributed by atoms with van der Waals surface area (Å²) in [6, 6.07) is 3.68. The van der Waals surface area contributed by atoms with Crippen LogP contribution in [0, 0.1) is 11.6 Å². The largest absolute Gasteiger partial charge is 0.492 e. The smallest absolute Gasteiger partial charge is 0.191 e. The fraction of sp³-hybridized carbons (Fsp3) is 0.438. The first-order chi connectivity index (χ1) is 12.2. The van der Waals surface area contributed by atoms with Crippen molar-refractivity contribution in [2.45, 2.75) is 25.4 Å². The number of nitrogens with zero attached hydrogens (tertiary/aromatic N) is 4. The van der Waals surface area contributed by atoms with Crippen LogP contribution in [0.5, 0.6) is 5.75 Å². The average molecular weight is 478 g/mol. The lowest BCUT2D eigenvalue weighted by Crippen LogP contribution is -2.47. The number of hydrogen-bond acceptors (Lipinski definition) is 4. The molecule has 0 saturated carbocycles. The van der Waals surface area contributed by atoms with Gasteiger partial charge in [0.2, 0.25) is 0 Å². The third-order valence-corrected chi connectivity index (χ3v) is 3.92. The number of aromatic nitrogens is 3. The van der Waals surface area contributed by atoms with Crippen molar-refractivity contribution < 1.29 is 13.5 Å². The molecule has 26 heavy (non-hydrogen) atoms. The monoisotopic (exact) mass is 478 g/mol. The summed E-state index contributed by atoms with van der Waals surface area (Å²) in [6.45, 7) is 1.50. The highest BCUT2D eigenvalue weighted by Crippen LogP contribution is 2.15. The van der Waals surface area contributed by atoms with Gasteiger partial charge in [0.15, 0.2) is 17.6 Å². The van der Waals surface area contributed by atoms with E-state index in [0.717, 1.165) is 37.3 Å². The Morgan fingerprint density at radius 3 is 3.00 bits per heavy atom. The lowest BCUT2D eigenvalue weighted by atomic mass is 10.1. The number of benzene rings is 1. The number of nitrogens with one attached hydrogen (secondary N) is 2. The molecule has 1 aromatic carbocycles. The predicted molar refractivity (Wildman–Crippen MR) is 104 cm³/mol. The van der Waals surface area contributed by atoms with Crippen LogP contribution in [0.4, 0.5) is 8.78 Å². The molecule has 2 N–H and O–H groups in total. The van der Waals surface area contributed by atoms with Crippen molar-refractivity contribution in [3.63, 3.8) is 0 Å². The summed E-state index contributed by atoms with van der Waals surface area (Å²) in [4.78, 5) is 8.38. The number of rotatable bonds is 5. The van der Waals surface area contributed by atoms with Crippen molar-refractivity contribution in [1.29, 1.82) is 0 Å². The second-order valence-electron chi connectivity index (χ2n) is 5.66. The van der Waals surface area contributed by atoms with E-state index in [0.29, 0.717) is 19.1 Å². The molecule has 7 nitrogen and oxygen atoms in total. The van der Waals surface area contributed by atoms with E-state index < -0.39 is 11.6 Å². The maximum atomic E-state index is 13.1. The highest BCUT2D eigenvalue weighted by Gasteiger charge is 2.20. The zero-order chi connectivity index (χ0) is 17.6. The third-order valence-electron chi connectivity index (χ3n) is 3.92. The molecule has 2 aromatic rings. The van der Waals surface area contributed by atoms with Gasteiger partial charge in [-0.3, -0.25) is 4.99 Å². The molecule has 142 valence electrons. The molecular formula is C16H21F2IN6O. The highest BCUT2D eigenvalue weighted by molar-refractivity contribution is 14.0. The Kier molecular flexibility index (Phi) is 7.54. The van der Waals surface area contributed by atoms with E-state index in [2.05, 4.69) is 25.7 Å². The van der Waals surface area contributed by atoms with Crippen LogP contribution >= 0.6 is 24.0 Å². The summed E-state index contributed by atoms with van der Waals surface area (Å²) in [5.74, 6) is 0.129. The molecule has 1 atom stereocenters. The van der Waals surface area contributed by atoms with Crippen LogP contribution in [0.1, 0.15) is 12.2 Å². The van der Waals surface area contributed by atoms with Crippen LogP contribution in [0.3, 0.4) is 0 Å². The predicted octanol–water partition coefficient (Wildman–Crippen LogP) is 1.73. The molecule has 0 radical (unpaired) electrons. The summed E-state index contributed by atoms with van der Waals surface area (Å²) < 4.78 is 33.2. The number of hydrogen-bond donors (Lipinski definition) is 2. The standard InChI is InChI=1S/C16H20F2N6O.HI/c1-19-16(23-11-2-5-15-21-10-22-24(15)9-11)20-6-7-25-12-3-4-13(17)14(18)8-12;/h3-4,8,10-11H,2,5-7,9H2,1H3,(H2,19,20,23);1H. The summed E-state index contributed by atoms with van der Waals surface area (Å²) in [5, 5.41) is 10.7. The number of aryl methyl sites for hydroxylation is 1. The summed E-state index contributed by atoms with van der Waals surface area (Å²) >= 11 is 0. The van der Waals surface area contributed by atoms with Crippen LogP contribution in [-0.4, -0.2) is 47.0 Å². The van der Waals surface area contributed by atoms with E-state index in [9.17, 15) is 8.78 Å². The summed E-state index contributed by atoms with van der Waals surface area (Å²) in [7, 11) is 1.69. The molecule has 0 aliphatic carbocycles. The first-order valence-corrected chi connectivity index (χ1v) is 8.07. The Hall–Kier alpha value is -1.98. The number of halogens is 3. The quantitative estimate of drug-likeness (QED) is 0.297. The van der Waals surface area contributed by atoms with Gasteiger partial charge in [-0.25, -0.2) is 18.4 Å². The maximum absolute atomic E-state index is 13.1. The minimum absolute atomic E-state index is 0. The van der Waals surface area contributed by atoms with Gasteiger partial charge in [-0.15, -0.1) is 24.0 Å². The molecule has 3 rings (SSSR count). The van der Waals surface area contributed by atoms with E-state index in [-0.39, 0.29) is 35.8 Å². The van der Waals surface area contributed by atoms with Crippen molar-refractivity contribution >= 4 is 29.9 Å². The molecule has 0 bridgehead atoms. The Balaban J connectivity index is 0.00000243. The average Bonchev–Trinajstić information content (AvgIpc) is 3.08. The van der Waals surface area contributed by atoms with Gasteiger partial charge >= 0.3 is 0 Å². The van der Waals surface area contributed by atoms with Crippen LogP contribution in [0.15, 0.2) is 29.5 Å². The molecule has 1 aliphatic heterocycles. The van der Waals surface area contributed by atoms with Crippen molar-refractivity contribution in [2.24, 2.45) is 4.99 Å². The summed E-state index contributed by atoms with van der Waals surface area (Å²) in [5.41, 5.74) is 0. The molecule has 1 unspecified atom stereocenters. The van der Waals surface area contributed by atoms with E-state index in [1.54, 1.807) is 13.4 Å². The highest BCUT2D eigenvalue weighted by atomic mass is 127. The molecule has 0 saturated heterocycles. The second-order valence-corrected chi connectivity index (χ2v) is 5.66. The fourth-order valence-corrected chi connectivity index (χ4v) is 2.65. The minimum atomic E-state index is -0.923. The SMILES string of the molecule is CN=C(NCCOc1ccc(F)c(F)c1)NC1CCc2ncnn2C1.I. The van der Waals surface area contributed by atoms with Crippen LogP contribution in [0.25, 0.3) is 0 Å². The second kappa shape index (κ2) is 9.64. The lowest BCUT2D eigenvalue weighted by Gasteiger charge is -2.25. The van der Waals surface area contributed by atoms with Gasteiger partial charge in [0, 0.05) is 25.6 Å². The van der Waals surface area contributed by atoms with Gasteiger partial charge in [-0.1, -0.05) is 0 Å². The van der Waals surface area contributed by atoms with Crippen molar-refractivity contribution in [1.82, 2.24) is 25.4 Å². The normalized spacial score (nSPS) is 16.4.